The van der Waals surface area contributed by atoms with E-state index in [1.807, 2.05) is 0 Å². The van der Waals surface area contributed by atoms with Gasteiger partial charge in [-0.15, -0.1) is 0 Å². The van der Waals surface area contributed by atoms with E-state index in [9.17, 15) is 0 Å². The molecule has 0 saturated carbocycles. The van der Waals surface area contributed by atoms with Gasteiger partial charge >= 0.3 is 0 Å². The van der Waals surface area contributed by atoms with Gasteiger partial charge in [-0.3, -0.25) is 0 Å². The summed E-state index contributed by atoms with van der Waals surface area (Å²) in [7, 11) is 0. The zero-order valence-electron chi connectivity index (χ0n) is 38.8. The van der Waals surface area contributed by atoms with Crippen molar-refractivity contribution in [3.63, 3.8) is 0 Å². The van der Waals surface area contributed by atoms with Crippen LogP contribution < -0.4 is 9.64 Å². The zero-order chi connectivity index (χ0) is 46.9. The molecule has 0 radical (unpaired) electrons. The van der Waals surface area contributed by atoms with Crippen LogP contribution in [0.15, 0.2) is 273 Å². The molecule has 332 valence electrons. The summed E-state index contributed by atoms with van der Waals surface area (Å²) in [5.74, 6) is 1.85. The predicted molar refractivity (Wildman–Crippen MR) is 295 cm³/mol. The van der Waals surface area contributed by atoms with Crippen molar-refractivity contribution in [1.29, 1.82) is 0 Å². The van der Waals surface area contributed by atoms with Crippen LogP contribution in [0.25, 0.3) is 77.2 Å². The molecule has 2 nitrogen and oxygen atoms in total. The van der Waals surface area contributed by atoms with Crippen LogP contribution in [-0.2, 0) is 5.41 Å². The number of hydrogen-bond acceptors (Lipinski definition) is 2. The van der Waals surface area contributed by atoms with E-state index in [4.69, 9.17) is 4.74 Å². The number of anilines is 3. The monoisotopic (exact) mass is 903 g/mol. The van der Waals surface area contributed by atoms with E-state index in [0.717, 1.165) is 61.2 Å². The quantitative estimate of drug-likeness (QED) is 0.158. The number of ether oxygens (including phenoxy) is 1. The summed E-state index contributed by atoms with van der Waals surface area (Å²) >= 11 is 0. The van der Waals surface area contributed by atoms with Gasteiger partial charge in [0.05, 0.1) is 5.41 Å². The van der Waals surface area contributed by atoms with E-state index in [1.54, 1.807) is 0 Å². The molecular weight excluding hydrogens is 859 g/mol. The molecule has 2 heteroatoms. The molecular formula is C69H45NO. The molecule has 1 aliphatic heterocycles. The molecule has 1 heterocycles. The topological polar surface area (TPSA) is 12.5 Å². The molecule has 0 atom stereocenters. The van der Waals surface area contributed by atoms with Crippen molar-refractivity contribution in [1.82, 2.24) is 0 Å². The summed E-state index contributed by atoms with van der Waals surface area (Å²) in [6.07, 6.45) is 0. The Labute approximate surface area is 414 Å². The number of hydrogen-bond donors (Lipinski definition) is 0. The van der Waals surface area contributed by atoms with Gasteiger partial charge < -0.3 is 9.64 Å². The van der Waals surface area contributed by atoms with E-state index in [0.29, 0.717) is 0 Å². The van der Waals surface area contributed by atoms with Crippen molar-refractivity contribution in [3.8, 4) is 67.1 Å². The first kappa shape index (κ1) is 40.8. The highest BCUT2D eigenvalue weighted by Crippen LogP contribution is 2.64. The molecule has 12 aromatic rings. The fourth-order valence-electron chi connectivity index (χ4n) is 11.7. The zero-order valence-corrected chi connectivity index (χ0v) is 38.8. The number of fused-ring (bicyclic) bond motifs is 13. The van der Waals surface area contributed by atoms with Crippen LogP contribution in [0.3, 0.4) is 0 Å². The van der Waals surface area contributed by atoms with Gasteiger partial charge in [-0.2, -0.15) is 0 Å². The van der Waals surface area contributed by atoms with Crippen LogP contribution in [-0.4, -0.2) is 0 Å². The van der Waals surface area contributed by atoms with Crippen LogP contribution >= 0.6 is 0 Å². The lowest BCUT2D eigenvalue weighted by Gasteiger charge is -2.40. The highest BCUT2D eigenvalue weighted by molar-refractivity contribution is 6.00. The van der Waals surface area contributed by atoms with Crippen LogP contribution in [0.1, 0.15) is 22.3 Å². The van der Waals surface area contributed by atoms with Crippen molar-refractivity contribution >= 4 is 38.6 Å². The standard InChI is InChI=1S/C69H45NO/c1-3-16-46(17-4-1)52-22-15-23-56(44-52)70(55-39-32-51(33-40-55)58-25-12-11-24-57(58)48-18-5-2-6-19-48)54-37-30-47(31-38-54)53-34-41-62-61-28-13-14-29-63(61)69(66(62)45-53)64-42-35-49-20-7-9-26-59(49)67(64)71-68-60-27-10-8-21-50(60)36-43-65(68)69/h1-45H. The Balaban J connectivity index is 0.909. The second-order valence-electron chi connectivity index (χ2n) is 18.7. The third kappa shape index (κ3) is 6.49. The molecule has 0 aromatic heterocycles. The largest absolute Gasteiger partial charge is 0.455 e. The second-order valence-corrected chi connectivity index (χ2v) is 18.7. The smallest absolute Gasteiger partial charge is 0.140 e. The maximum atomic E-state index is 7.22. The molecule has 1 spiro atoms. The summed E-state index contributed by atoms with van der Waals surface area (Å²) in [4.78, 5) is 2.38. The molecule has 1 aliphatic carbocycles. The average molecular weight is 904 g/mol. The minimum Gasteiger partial charge on any atom is -0.455 e. The Hall–Kier alpha value is -9.24. The lowest BCUT2D eigenvalue weighted by molar-refractivity contribution is 0.447. The Kier molecular flexibility index (Phi) is 9.47. The molecule has 0 amide bonds. The number of rotatable bonds is 7. The minimum atomic E-state index is -0.618. The van der Waals surface area contributed by atoms with Crippen LogP contribution in [0.5, 0.6) is 11.5 Å². The van der Waals surface area contributed by atoms with Crippen LogP contribution in [0, 0.1) is 0 Å². The van der Waals surface area contributed by atoms with Crippen molar-refractivity contribution in [2.75, 3.05) is 4.90 Å². The van der Waals surface area contributed by atoms with Crippen LogP contribution in [0.4, 0.5) is 17.1 Å². The van der Waals surface area contributed by atoms with Crippen LogP contribution in [0.2, 0.25) is 0 Å². The first-order valence-corrected chi connectivity index (χ1v) is 24.5. The van der Waals surface area contributed by atoms with Gasteiger partial charge in [0.15, 0.2) is 0 Å². The summed E-state index contributed by atoms with van der Waals surface area (Å²) in [6, 6.07) is 99.6. The van der Waals surface area contributed by atoms with Gasteiger partial charge in [0, 0.05) is 39.0 Å². The van der Waals surface area contributed by atoms with E-state index in [1.165, 1.54) is 66.8 Å². The highest BCUT2D eigenvalue weighted by Gasteiger charge is 2.52. The fourth-order valence-corrected chi connectivity index (χ4v) is 11.7. The molecule has 71 heavy (non-hydrogen) atoms. The first-order valence-electron chi connectivity index (χ1n) is 24.5. The summed E-state index contributed by atoms with van der Waals surface area (Å²) < 4.78 is 7.22. The summed E-state index contributed by atoms with van der Waals surface area (Å²) in [5.41, 5.74) is 19.5. The second kappa shape index (κ2) is 16.5. The number of benzene rings is 12. The molecule has 0 bridgehead atoms. The maximum Gasteiger partial charge on any atom is 0.140 e. The average Bonchev–Trinajstić information content (AvgIpc) is 3.75. The van der Waals surface area contributed by atoms with Crippen molar-refractivity contribution in [2.45, 2.75) is 5.41 Å². The third-order valence-electron chi connectivity index (χ3n) is 14.9. The van der Waals surface area contributed by atoms with Gasteiger partial charge in [-0.1, -0.05) is 231 Å². The first-order chi connectivity index (χ1) is 35.2. The lowest BCUT2D eigenvalue weighted by Crippen LogP contribution is -2.32. The van der Waals surface area contributed by atoms with E-state index in [-0.39, 0.29) is 0 Å². The Morgan fingerprint density at radius 3 is 1.34 bits per heavy atom. The Bertz CT molecular complexity index is 3920. The molecule has 12 aromatic carbocycles. The summed E-state index contributed by atoms with van der Waals surface area (Å²) in [6.45, 7) is 0. The fraction of sp³-hybridized carbons (Fsp3) is 0.0145. The molecule has 14 rings (SSSR count). The molecule has 0 N–H and O–H groups in total. The maximum absolute atomic E-state index is 7.22. The Morgan fingerprint density at radius 2 is 0.704 bits per heavy atom. The van der Waals surface area contributed by atoms with Crippen molar-refractivity contribution < 1.29 is 4.74 Å². The lowest BCUT2D eigenvalue weighted by atomic mass is 9.65. The molecule has 0 unspecified atom stereocenters. The van der Waals surface area contributed by atoms with Crippen molar-refractivity contribution in [3.05, 3.63) is 295 Å². The van der Waals surface area contributed by atoms with Gasteiger partial charge in [-0.25, -0.2) is 0 Å². The summed E-state index contributed by atoms with van der Waals surface area (Å²) in [5, 5.41) is 4.56. The molecule has 2 aliphatic rings. The van der Waals surface area contributed by atoms with E-state index >= 15 is 0 Å². The van der Waals surface area contributed by atoms with Crippen molar-refractivity contribution in [2.24, 2.45) is 0 Å². The Morgan fingerprint density at radius 1 is 0.254 bits per heavy atom. The highest BCUT2D eigenvalue weighted by atomic mass is 16.5. The molecule has 0 fully saturated rings. The third-order valence-corrected chi connectivity index (χ3v) is 14.9. The van der Waals surface area contributed by atoms with E-state index < -0.39 is 5.41 Å². The minimum absolute atomic E-state index is 0.618. The van der Waals surface area contributed by atoms with Gasteiger partial charge in [0.25, 0.3) is 0 Å². The SMILES string of the molecule is c1ccc(-c2cccc(N(c3ccc(-c4ccc5c(c4)C4(c6ccccc6-5)c5ccc6ccccc6c5Oc5c4ccc4ccccc54)cc3)c3ccc(-c4ccccc4-c4ccccc4)cc3)c2)cc1. The normalized spacial score (nSPS) is 12.7. The van der Waals surface area contributed by atoms with Gasteiger partial charge in [-0.05, 0) is 120 Å². The van der Waals surface area contributed by atoms with Gasteiger partial charge in [0.2, 0.25) is 0 Å². The predicted octanol–water partition coefficient (Wildman–Crippen LogP) is 18.6. The number of nitrogens with zero attached hydrogens (tertiary/aromatic N) is 1. The molecule has 0 saturated heterocycles. The van der Waals surface area contributed by atoms with Gasteiger partial charge in [0.1, 0.15) is 11.5 Å². The van der Waals surface area contributed by atoms with E-state index in [2.05, 4.69) is 278 Å².